The molecule has 2 nitrogen and oxygen atoms in total. The Bertz CT molecular complexity index is 450. The van der Waals surface area contributed by atoms with Gasteiger partial charge in [-0.25, -0.2) is 0 Å². The number of nitrogens with zero attached hydrogens (tertiary/aromatic N) is 1. The SMILES string of the molecule is CC[C@@H](Cc1ccc(O)cc1)c1ccncc1. The highest BCUT2D eigenvalue weighted by Crippen LogP contribution is 2.24. The zero-order chi connectivity index (χ0) is 12.1. The van der Waals surface area contributed by atoms with Crippen LogP contribution in [0.25, 0.3) is 0 Å². The molecule has 0 aliphatic rings. The predicted molar refractivity (Wildman–Crippen MR) is 69.1 cm³/mol. The Morgan fingerprint density at radius 3 is 2.29 bits per heavy atom. The maximum absolute atomic E-state index is 9.26. The quantitative estimate of drug-likeness (QED) is 0.866. The lowest BCUT2D eigenvalue weighted by Gasteiger charge is -2.15. The molecule has 2 rings (SSSR count). The van der Waals surface area contributed by atoms with Gasteiger partial charge in [-0.3, -0.25) is 4.98 Å². The molecule has 1 N–H and O–H groups in total. The molecule has 0 saturated carbocycles. The number of aromatic hydroxyl groups is 1. The number of phenols is 1. The van der Waals surface area contributed by atoms with Crippen molar-refractivity contribution in [1.82, 2.24) is 4.98 Å². The highest BCUT2D eigenvalue weighted by Gasteiger charge is 2.09. The summed E-state index contributed by atoms with van der Waals surface area (Å²) < 4.78 is 0. The van der Waals surface area contributed by atoms with Gasteiger partial charge in [0.05, 0.1) is 0 Å². The lowest BCUT2D eigenvalue weighted by Crippen LogP contribution is -2.01. The molecule has 88 valence electrons. The van der Waals surface area contributed by atoms with Crippen LogP contribution in [0.4, 0.5) is 0 Å². The Hall–Kier alpha value is -1.83. The highest BCUT2D eigenvalue weighted by molar-refractivity contribution is 5.28. The van der Waals surface area contributed by atoms with E-state index in [-0.39, 0.29) is 0 Å². The number of benzene rings is 1. The van der Waals surface area contributed by atoms with Gasteiger partial charge in [0.25, 0.3) is 0 Å². The van der Waals surface area contributed by atoms with Crippen LogP contribution in [0.5, 0.6) is 5.75 Å². The minimum Gasteiger partial charge on any atom is -0.508 e. The molecule has 0 saturated heterocycles. The van der Waals surface area contributed by atoms with Crippen molar-refractivity contribution in [3.05, 3.63) is 59.9 Å². The Kier molecular flexibility index (Phi) is 3.76. The van der Waals surface area contributed by atoms with Crippen molar-refractivity contribution in [1.29, 1.82) is 0 Å². The average molecular weight is 227 g/mol. The van der Waals surface area contributed by atoms with Gasteiger partial charge in [-0.2, -0.15) is 0 Å². The Balaban J connectivity index is 2.13. The van der Waals surface area contributed by atoms with Gasteiger partial charge >= 0.3 is 0 Å². The monoisotopic (exact) mass is 227 g/mol. The first-order valence-electron chi connectivity index (χ1n) is 5.97. The van der Waals surface area contributed by atoms with Crippen molar-refractivity contribution < 1.29 is 5.11 Å². The van der Waals surface area contributed by atoms with Gasteiger partial charge in [-0.15, -0.1) is 0 Å². The van der Waals surface area contributed by atoms with Crippen molar-refractivity contribution in [3.8, 4) is 5.75 Å². The van der Waals surface area contributed by atoms with Crippen LogP contribution in [0.2, 0.25) is 0 Å². The van der Waals surface area contributed by atoms with Gasteiger partial charge in [0.2, 0.25) is 0 Å². The molecule has 0 radical (unpaired) electrons. The van der Waals surface area contributed by atoms with E-state index in [1.165, 1.54) is 11.1 Å². The average Bonchev–Trinajstić information content (AvgIpc) is 2.39. The van der Waals surface area contributed by atoms with Crippen LogP contribution in [0, 0.1) is 0 Å². The molecule has 0 unspecified atom stereocenters. The first kappa shape index (κ1) is 11.6. The smallest absolute Gasteiger partial charge is 0.115 e. The number of hydrogen-bond acceptors (Lipinski definition) is 2. The summed E-state index contributed by atoms with van der Waals surface area (Å²) in [4.78, 5) is 4.05. The summed E-state index contributed by atoms with van der Waals surface area (Å²) in [5, 5.41) is 9.26. The summed E-state index contributed by atoms with van der Waals surface area (Å²) in [5.74, 6) is 0.841. The molecule has 0 amide bonds. The maximum atomic E-state index is 9.26. The third-order valence-corrected chi connectivity index (χ3v) is 3.09. The van der Waals surface area contributed by atoms with Crippen molar-refractivity contribution in [2.75, 3.05) is 0 Å². The topological polar surface area (TPSA) is 33.1 Å². The summed E-state index contributed by atoms with van der Waals surface area (Å²) in [6.07, 6.45) is 5.79. The largest absolute Gasteiger partial charge is 0.508 e. The number of pyridine rings is 1. The van der Waals surface area contributed by atoms with E-state index in [1.807, 2.05) is 24.5 Å². The second-order valence-electron chi connectivity index (χ2n) is 4.26. The van der Waals surface area contributed by atoms with E-state index in [9.17, 15) is 5.11 Å². The normalized spacial score (nSPS) is 12.3. The number of aromatic nitrogens is 1. The molecule has 17 heavy (non-hydrogen) atoms. The van der Waals surface area contributed by atoms with Crippen LogP contribution >= 0.6 is 0 Å². The fourth-order valence-electron chi connectivity index (χ4n) is 2.05. The molecular formula is C15H17NO. The first-order chi connectivity index (χ1) is 8.29. The van der Waals surface area contributed by atoms with Crippen LogP contribution in [-0.2, 0) is 6.42 Å². The van der Waals surface area contributed by atoms with E-state index < -0.39 is 0 Å². The zero-order valence-electron chi connectivity index (χ0n) is 10.0. The fraction of sp³-hybridized carbons (Fsp3) is 0.267. The Morgan fingerprint density at radius 2 is 1.71 bits per heavy atom. The van der Waals surface area contributed by atoms with Gasteiger partial charge in [0.15, 0.2) is 0 Å². The Morgan fingerprint density at radius 1 is 1.06 bits per heavy atom. The van der Waals surface area contributed by atoms with Crippen LogP contribution in [0.15, 0.2) is 48.8 Å². The number of phenolic OH excluding ortho intramolecular Hbond substituents is 1. The summed E-state index contributed by atoms with van der Waals surface area (Å²) in [5.41, 5.74) is 2.59. The molecule has 1 aromatic heterocycles. The molecule has 0 aliphatic carbocycles. The minimum atomic E-state index is 0.325. The molecule has 1 atom stereocenters. The van der Waals surface area contributed by atoms with Crippen molar-refractivity contribution >= 4 is 0 Å². The van der Waals surface area contributed by atoms with Crippen molar-refractivity contribution in [2.24, 2.45) is 0 Å². The van der Waals surface area contributed by atoms with Gasteiger partial charge < -0.3 is 5.11 Å². The maximum Gasteiger partial charge on any atom is 0.115 e. The lowest BCUT2D eigenvalue weighted by atomic mass is 9.90. The molecule has 0 spiro atoms. The van der Waals surface area contributed by atoms with E-state index in [0.29, 0.717) is 11.7 Å². The van der Waals surface area contributed by atoms with E-state index in [4.69, 9.17) is 0 Å². The number of hydrogen-bond donors (Lipinski definition) is 1. The molecule has 1 aromatic carbocycles. The fourth-order valence-corrected chi connectivity index (χ4v) is 2.05. The molecule has 1 heterocycles. The summed E-state index contributed by atoms with van der Waals surface area (Å²) in [6.45, 7) is 2.20. The molecule has 2 heteroatoms. The predicted octanol–water partition coefficient (Wildman–Crippen LogP) is 3.52. The highest BCUT2D eigenvalue weighted by atomic mass is 16.3. The van der Waals surface area contributed by atoms with E-state index in [1.54, 1.807) is 12.1 Å². The summed E-state index contributed by atoms with van der Waals surface area (Å²) in [6, 6.07) is 11.6. The summed E-state index contributed by atoms with van der Waals surface area (Å²) in [7, 11) is 0. The van der Waals surface area contributed by atoms with E-state index in [2.05, 4.69) is 24.0 Å². The van der Waals surface area contributed by atoms with Crippen molar-refractivity contribution in [2.45, 2.75) is 25.7 Å². The molecule has 0 aliphatic heterocycles. The van der Waals surface area contributed by atoms with Crippen LogP contribution in [0.1, 0.15) is 30.4 Å². The van der Waals surface area contributed by atoms with Crippen LogP contribution in [0.3, 0.4) is 0 Å². The summed E-state index contributed by atoms with van der Waals surface area (Å²) >= 11 is 0. The van der Waals surface area contributed by atoms with Crippen LogP contribution < -0.4 is 0 Å². The second kappa shape index (κ2) is 5.48. The standard InChI is InChI=1S/C15H17NO/c1-2-13(14-7-9-16-10-8-14)11-12-3-5-15(17)6-4-12/h3-10,13,17H,2,11H2,1H3/t13-/m0/s1. The first-order valence-corrected chi connectivity index (χ1v) is 5.97. The van der Waals surface area contributed by atoms with Gasteiger partial charge in [0, 0.05) is 12.4 Å². The third-order valence-electron chi connectivity index (χ3n) is 3.09. The van der Waals surface area contributed by atoms with Crippen LogP contribution in [-0.4, -0.2) is 10.1 Å². The van der Waals surface area contributed by atoms with Gasteiger partial charge in [0.1, 0.15) is 5.75 Å². The molecule has 0 fully saturated rings. The minimum absolute atomic E-state index is 0.325. The zero-order valence-corrected chi connectivity index (χ0v) is 10.0. The molecular weight excluding hydrogens is 210 g/mol. The molecule has 2 aromatic rings. The number of rotatable bonds is 4. The lowest BCUT2D eigenvalue weighted by molar-refractivity contribution is 0.475. The molecule has 0 bridgehead atoms. The third kappa shape index (κ3) is 3.06. The van der Waals surface area contributed by atoms with E-state index in [0.717, 1.165) is 12.8 Å². The second-order valence-corrected chi connectivity index (χ2v) is 4.26. The van der Waals surface area contributed by atoms with E-state index >= 15 is 0 Å². The van der Waals surface area contributed by atoms with Crippen molar-refractivity contribution in [3.63, 3.8) is 0 Å². The Labute approximate surface area is 102 Å². The van der Waals surface area contributed by atoms with Gasteiger partial charge in [-0.1, -0.05) is 19.1 Å². The van der Waals surface area contributed by atoms with Gasteiger partial charge in [-0.05, 0) is 54.2 Å².